The van der Waals surface area contributed by atoms with Gasteiger partial charge in [-0.25, -0.2) is 4.98 Å². The summed E-state index contributed by atoms with van der Waals surface area (Å²) in [6.07, 6.45) is 0. The van der Waals surface area contributed by atoms with E-state index in [1.807, 2.05) is 84.9 Å². The number of fused-ring (bicyclic) bond motifs is 9. The molecule has 0 aliphatic heterocycles. The molecule has 10 aromatic rings. The van der Waals surface area contributed by atoms with E-state index in [0.29, 0.717) is 17.6 Å². The smallest absolute Gasteiger partial charge is 0.238 e. The fraction of sp³-hybridized carbons (Fsp3) is 0. The summed E-state index contributed by atoms with van der Waals surface area (Å²) in [5, 5.41) is 6.38. The number of hydrogen-bond acceptors (Lipinski definition) is 5. The average Bonchev–Trinajstić information content (AvgIpc) is 3.75. The first kappa shape index (κ1) is 24.2. The van der Waals surface area contributed by atoms with Crippen molar-refractivity contribution in [2.75, 3.05) is 0 Å². The molecule has 6 nitrogen and oxygen atoms in total. The molecular weight excluding hydrogens is 556 g/mol. The number of hydrogen-bond donors (Lipinski definition) is 0. The minimum atomic E-state index is 0.549. The summed E-state index contributed by atoms with van der Waals surface area (Å²) in [5.74, 6) is 1.78. The monoisotopic (exact) mass is 578 g/mol. The topological polar surface area (TPSA) is 69.9 Å². The minimum absolute atomic E-state index is 0.549. The zero-order chi connectivity index (χ0) is 29.5. The lowest BCUT2D eigenvalue weighted by molar-refractivity contribution is 0.664. The predicted octanol–water partition coefficient (Wildman–Crippen LogP) is 10.1. The summed E-state index contributed by atoms with van der Waals surface area (Å²) in [6.45, 7) is 0. The summed E-state index contributed by atoms with van der Waals surface area (Å²) < 4.78 is 14.9. The van der Waals surface area contributed by atoms with Gasteiger partial charge >= 0.3 is 0 Å². The number of furan rings is 2. The number of nitrogens with zero attached hydrogens (tertiary/aromatic N) is 4. The predicted molar refractivity (Wildman–Crippen MR) is 180 cm³/mol. The van der Waals surface area contributed by atoms with Gasteiger partial charge in [0.1, 0.15) is 22.3 Å². The van der Waals surface area contributed by atoms with E-state index in [9.17, 15) is 0 Å². The minimum Gasteiger partial charge on any atom is -0.456 e. The fourth-order valence-corrected chi connectivity index (χ4v) is 6.57. The normalized spacial score (nSPS) is 12.0. The Bertz CT molecular complexity index is 2700. The first-order valence-electron chi connectivity index (χ1n) is 14.9. The molecule has 45 heavy (non-hydrogen) atoms. The van der Waals surface area contributed by atoms with Gasteiger partial charge in [-0.1, -0.05) is 97.1 Å². The van der Waals surface area contributed by atoms with E-state index in [4.69, 9.17) is 23.8 Å². The van der Waals surface area contributed by atoms with E-state index in [0.717, 1.165) is 76.8 Å². The third kappa shape index (κ3) is 3.60. The Labute approximate surface area is 255 Å². The highest BCUT2D eigenvalue weighted by atomic mass is 16.3. The molecule has 0 bridgehead atoms. The number of aromatic nitrogens is 4. The van der Waals surface area contributed by atoms with Crippen LogP contribution >= 0.6 is 0 Å². The molecular formula is C39H22N4O2. The zero-order valence-corrected chi connectivity index (χ0v) is 23.8. The van der Waals surface area contributed by atoms with Crippen LogP contribution in [0.4, 0.5) is 0 Å². The maximum atomic E-state index is 6.55. The molecule has 0 unspecified atom stereocenters. The molecule has 0 atom stereocenters. The molecule has 0 fully saturated rings. The van der Waals surface area contributed by atoms with Gasteiger partial charge in [0.25, 0.3) is 0 Å². The van der Waals surface area contributed by atoms with Gasteiger partial charge in [0.15, 0.2) is 11.6 Å². The lowest BCUT2D eigenvalue weighted by Crippen LogP contribution is -2.06. The van der Waals surface area contributed by atoms with E-state index < -0.39 is 0 Å². The van der Waals surface area contributed by atoms with E-state index in [-0.39, 0.29) is 0 Å². The van der Waals surface area contributed by atoms with Crippen LogP contribution in [0.15, 0.2) is 142 Å². The molecule has 210 valence electrons. The summed E-state index contributed by atoms with van der Waals surface area (Å²) in [5.41, 5.74) is 7.16. The van der Waals surface area contributed by atoms with Crippen LogP contribution in [0.1, 0.15) is 0 Å². The molecule has 0 N–H and O–H groups in total. The van der Waals surface area contributed by atoms with E-state index in [1.165, 1.54) is 0 Å². The Kier molecular flexibility index (Phi) is 4.90. The van der Waals surface area contributed by atoms with Crippen LogP contribution in [0.5, 0.6) is 0 Å². The van der Waals surface area contributed by atoms with Gasteiger partial charge in [0, 0.05) is 49.5 Å². The molecule has 0 radical (unpaired) electrons. The van der Waals surface area contributed by atoms with Crippen molar-refractivity contribution >= 4 is 65.7 Å². The van der Waals surface area contributed by atoms with Gasteiger partial charge in [-0.05, 0) is 30.3 Å². The largest absolute Gasteiger partial charge is 0.456 e. The van der Waals surface area contributed by atoms with E-state index in [1.54, 1.807) is 0 Å². The second-order valence-corrected chi connectivity index (χ2v) is 11.3. The molecule has 0 saturated heterocycles. The van der Waals surface area contributed by atoms with Gasteiger partial charge in [-0.3, -0.25) is 4.57 Å². The quantitative estimate of drug-likeness (QED) is 0.209. The van der Waals surface area contributed by atoms with Crippen molar-refractivity contribution in [2.24, 2.45) is 0 Å². The first-order valence-corrected chi connectivity index (χ1v) is 14.9. The standard InChI is InChI=1S/C39H22N4O2/c1-3-11-23(12-4-1)37-40-38(24-13-5-2-6-14-24)42-39(41-37)43-31-17-9-7-15-25(31)27-19-28-30-21-34-29(26-16-8-10-18-33(26)44-34)20-35(30)45-36(28)22-32(27)43/h1-22H. The summed E-state index contributed by atoms with van der Waals surface area (Å²) in [4.78, 5) is 15.0. The third-order valence-corrected chi connectivity index (χ3v) is 8.65. The van der Waals surface area contributed by atoms with Crippen molar-refractivity contribution in [2.45, 2.75) is 0 Å². The maximum Gasteiger partial charge on any atom is 0.238 e. The third-order valence-electron chi connectivity index (χ3n) is 8.65. The van der Waals surface area contributed by atoms with Crippen molar-refractivity contribution in [1.29, 1.82) is 0 Å². The summed E-state index contributed by atoms with van der Waals surface area (Å²) in [7, 11) is 0. The maximum absolute atomic E-state index is 6.55. The molecule has 0 aliphatic carbocycles. The number of rotatable bonds is 3. The van der Waals surface area contributed by atoms with Crippen LogP contribution in [0, 0.1) is 0 Å². The number of para-hydroxylation sites is 2. The van der Waals surface area contributed by atoms with Crippen LogP contribution in [-0.2, 0) is 0 Å². The Morgan fingerprint density at radius 1 is 0.378 bits per heavy atom. The van der Waals surface area contributed by atoms with E-state index >= 15 is 0 Å². The van der Waals surface area contributed by atoms with Crippen molar-refractivity contribution in [1.82, 2.24) is 19.5 Å². The van der Waals surface area contributed by atoms with Gasteiger partial charge in [-0.2, -0.15) is 9.97 Å². The molecule has 4 aromatic heterocycles. The molecule has 0 aliphatic rings. The molecule has 0 saturated carbocycles. The van der Waals surface area contributed by atoms with Gasteiger partial charge < -0.3 is 8.83 Å². The molecule has 0 spiro atoms. The van der Waals surface area contributed by atoms with Crippen LogP contribution in [0.2, 0.25) is 0 Å². The summed E-state index contributed by atoms with van der Waals surface area (Å²) >= 11 is 0. The molecule has 10 rings (SSSR count). The fourth-order valence-electron chi connectivity index (χ4n) is 6.57. The summed E-state index contributed by atoms with van der Waals surface area (Å²) in [6, 6.07) is 45.1. The second kappa shape index (κ2) is 9.11. The van der Waals surface area contributed by atoms with E-state index in [2.05, 4.69) is 53.1 Å². The number of benzene rings is 6. The van der Waals surface area contributed by atoms with Crippen molar-refractivity contribution < 1.29 is 8.83 Å². The lowest BCUT2D eigenvalue weighted by Gasteiger charge is -2.10. The SMILES string of the molecule is c1ccc(-c2nc(-c3ccccc3)nc(-n3c4ccccc4c4cc5c(cc43)oc3cc4c(cc35)oc3ccccc34)n2)cc1. The Morgan fingerprint density at radius 2 is 0.911 bits per heavy atom. The highest BCUT2D eigenvalue weighted by Crippen LogP contribution is 2.40. The first-order chi connectivity index (χ1) is 22.3. The Hall–Kier alpha value is -6.27. The van der Waals surface area contributed by atoms with Gasteiger partial charge in [-0.15, -0.1) is 0 Å². The van der Waals surface area contributed by atoms with Gasteiger partial charge in [0.2, 0.25) is 5.95 Å². The highest BCUT2D eigenvalue weighted by molar-refractivity contribution is 6.19. The molecule has 6 heteroatoms. The van der Waals surface area contributed by atoms with Crippen molar-refractivity contribution in [3.05, 3.63) is 133 Å². The van der Waals surface area contributed by atoms with Crippen LogP contribution in [0.3, 0.4) is 0 Å². The average molecular weight is 579 g/mol. The van der Waals surface area contributed by atoms with Crippen molar-refractivity contribution in [3.8, 4) is 28.7 Å². The molecule has 0 amide bonds. The second-order valence-electron chi connectivity index (χ2n) is 11.3. The Balaban J connectivity index is 1.27. The lowest BCUT2D eigenvalue weighted by atomic mass is 10.1. The van der Waals surface area contributed by atoms with Crippen LogP contribution in [0.25, 0.3) is 94.4 Å². The van der Waals surface area contributed by atoms with Crippen LogP contribution in [-0.4, -0.2) is 19.5 Å². The zero-order valence-electron chi connectivity index (χ0n) is 23.8. The Morgan fingerprint density at radius 3 is 1.62 bits per heavy atom. The highest BCUT2D eigenvalue weighted by Gasteiger charge is 2.20. The van der Waals surface area contributed by atoms with Crippen LogP contribution < -0.4 is 0 Å². The van der Waals surface area contributed by atoms with Crippen molar-refractivity contribution in [3.63, 3.8) is 0 Å². The molecule has 6 aromatic carbocycles. The molecule has 4 heterocycles. The van der Waals surface area contributed by atoms with Gasteiger partial charge in [0.05, 0.1) is 11.0 Å².